The normalized spacial score (nSPS) is 18.8. The van der Waals surface area contributed by atoms with E-state index in [4.69, 9.17) is 0 Å². The first kappa shape index (κ1) is 9.83. The van der Waals surface area contributed by atoms with Gasteiger partial charge in [0.1, 0.15) is 0 Å². The summed E-state index contributed by atoms with van der Waals surface area (Å²) < 4.78 is 0. The fourth-order valence-corrected chi connectivity index (χ4v) is 1.34. The molecule has 0 nitrogen and oxygen atoms in total. The van der Waals surface area contributed by atoms with Crippen molar-refractivity contribution in [2.75, 3.05) is 0 Å². The van der Waals surface area contributed by atoms with E-state index in [9.17, 15) is 0 Å². The van der Waals surface area contributed by atoms with Gasteiger partial charge in [0, 0.05) is 0 Å². The Kier molecular flexibility index (Phi) is 2.98. The topological polar surface area (TPSA) is 0 Å². The van der Waals surface area contributed by atoms with E-state index in [-0.39, 0.29) is 0 Å². The molecule has 1 atom stereocenters. The van der Waals surface area contributed by atoms with Crippen LogP contribution < -0.4 is 0 Å². The fourth-order valence-electron chi connectivity index (χ4n) is 1.34. The molecule has 0 saturated heterocycles. The lowest BCUT2D eigenvalue weighted by Gasteiger charge is -2.27. The first-order valence-electron chi connectivity index (χ1n) is 5.18. The van der Waals surface area contributed by atoms with Gasteiger partial charge >= 0.3 is 0 Å². The summed E-state index contributed by atoms with van der Waals surface area (Å²) in [7, 11) is 0. The van der Waals surface area contributed by atoms with Crippen LogP contribution in [0.3, 0.4) is 0 Å². The Morgan fingerprint density at radius 1 is 1.42 bits per heavy atom. The molecule has 0 amide bonds. The molecule has 12 heavy (non-hydrogen) atoms. The molecular formula is C12H22. The molecule has 1 unspecified atom stereocenters. The Labute approximate surface area is 77.1 Å². The summed E-state index contributed by atoms with van der Waals surface area (Å²) in [6, 6.07) is 0. The van der Waals surface area contributed by atoms with Gasteiger partial charge in [0.15, 0.2) is 0 Å². The van der Waals surface area contributed by atoms with Gasteiger partial charge in [0.05, 0.1) is 0 Å². The minimum Gasteiger partial charge on any atom is -0.0810 e. The van der Waals surface area contributed by atoms with E-state index in [1.165, 1.54) is 25.7 Å². The zero-order valence-corrected chi connectivity index (χ0v) is 8.98. The summed E-state index contributed by atoms with van der Waals surface area (Å²) in [4.78, 5) is 0. The number of rotatable bonds is 4. The average molecular weight is 166 g/mol. The van der Waals surface area contributed by atoms with Crippen molar-refractivity contribution in [1.29, 1.82) is 0 Å². The van der Waals surface area contributed by atoms with Crippen molar-refractivity contribution in [3.05, 3.63) is 11.6 Å². The van der Waals surface area contributed by atoms with Crippen LogP contribution in [0.5, 0.6) is 0 Å². The maximum absolute atomic E-state index is 2.38. The summed E-state index contributed by atoms with van der Waals surface area (Å²) in [5.74, 6) is 0.858. The maximum atomic E-state index is 2.38. The molecule has 0 fully saturated rings. The third kappa shape index (κ3) is 3.42. The highest BCUT2D eigenvalue weighted by Crippen LogP contribution is 2.31. The van der Waals surface area contributed by atoms with Crippen molar-refractivity contribution in [2.24, 2.45) is 11.3 Å². The van der Waals surface area contributed by atoms with Crippen LogP contribution in [0.25, 0.3) is 0 Å². The molecule has 0 spiro atoms. The maximum Gasteiger partial charge on any atom is -0.0136 e. The van der Waals surface area contributed by atoms with Crippen LogP contribution in [-0.4, -0.2) is 0 Å². The monoisotopic (exact) mass is 166 g/mol. The average Bonchev–Trinajstić information content (AvgIpc) is 2.69. The molecule has 0 saturated carbocycles. The van der Waals surface area contributed by atoms with Crippen LogP contribution in [-0.2, 0) is 0 Å². The van der Waals surface area contributed by atoms with Crippen molar-refractivity contribution in [3.8, 4) is 0 Å². The van der Waals surface area contributed by atoms with E-state index in [0.29, 0.717) is 5.41 Å². The summed E-state index contributed by atoms with van der Waals surface area (Å²) in [5, 5.41) is 0. The van der Waals surface area contributed by atoms with E-state index in [0.717, 1.165) is 5.92 Å². The van der Waals surface area contributed by atoms with Gasteiger partial charge in [-0.2, -0.15) is 0 Å². The highest BCUT2D eigenvalue weighted by Gasteiger charge is 2.19. The Morgan fingerprint density at radius 2 is 2.00 bits per heavy atom. The molecule has 1 aliphatic rings. The first-order chi connectivity index (χ1) is 5.50. The van der Waals surface area contributed by atoms with Gasteiger partial charge in [0.25, 0.3) is 0 Å². The van der Waals surface area contributed by atoms with Crippen LogP contribution in [0, 0.1) is 11.3 Å². The van der Waals surface area contributed by atoms with Gasteiger partial charge in [0.2, 0.25) is 0 Å². The van der Waals surface area contributed by atoms with E-state index < -0.39 is 0 Å². The minimum absolute atomic E-state index is 0.498. The lowest BCUT2D eigenvalue weighted by molar-refractivity contribution is 0.243. The second-order valence-corrected chi connectivity index (χ2v) is 5.23. The van der Waals surface area contributed by atoms with Crippen molar-refractivity contribution in [2.45, 2.75) is 53.4 Å². The smallest absolute Gasteiger partial charge is 0.0136 e. The van der Waals surface area contributed by atoms with Crippen LogP contribution in [0.4, 0.5) is 0 Å². The van der Waals surface area contributed by atoms with Crippen LogP contribution in [0.2, 0.25) is 0 Å². The number of hydrogen-bond donors (Lipinski definition) is 0. The first-order valence-corrected chi connectivity index (χ1v) is 5.18. The van der Waals surface area contributed by atoms with Gasteiger partial charge in [-0.05, 0) is 37.0 Å². The molecule has 0 aliphatic heterocycles. The molecule has 0 aromatic heterocycles. The van der Waals surface area contributed by atoms with Crippen LogP contribution >= 0.6 is 0 Å². The van der Waals surface area contributed by atoms with Crippen LogP contribution in [0.1, 0.15) is 53.4 Å². The molecule has 0 bridgehead atoms. The molecular weight excluding hydrogens is 144 g/mol. The van der Waals surface area contributed by atoms with Gasteiger partial charge in [-0.15, -0.1) is 0 Å². The van der Waals surface area contributed by atoms with Gasteiger partial charge in [-0.1, -0.05) is 39.3 Å². The van der Waals surface area contributed by atoms with Crippen molar-refractivity contribution in [1.82, 2.24) is 0 Å². The van der Waals surface area contributed by atoms with Gasteiger partial charge < -0.3 is 0 Å². The third-order valence-corrected chi connectivity index (χ3v) is 3.11. The Hall–Kier alpha value is -0.260. The second-order valence-electron chi connectivity index (χ2n) is 5.23. The molecule has 1 rings (SSSR count). The summed E-state index contributed by atoms with van der Waals surface area (Å²) >= 11 is 0. The molecule has 0 heteroatoms. The van der Waals surface area contributed by atoms with E-state index in [2.05, 4.69) is 33.8 Å². The van der Waals surface area contributed by atoms with Gasteiger partial charge in [-0.3, -0.25) is 0 Å². The molecule has 0 radical (unpaired) electrons. The summed E-state index contributed by atoms with van der Waals surface area (Å²) in [6.07, 6.45) is 7.80. The minimum atomic E-state index is 0.498. The Balaban J connectivity index is 2.08. The zero-order chi connectivity index (χ0) is 9.19. The third-order valence-electron chi connectivity index (χ3n) is 3.11. The highest BCUT2D eigenvalue weighted by atomic mass is 14.2. The molecule has 0 N–H and O–H groups in total. The fraction of sp³-hybridized carbons (Fsp3) is 0.833. The quantitative estimate of drug-likeness (QED) is 0.550. The van der Waals surface area contributed by atoms with E-state index >= 15 is 0 Å². The van der Waals surface area contributed by atoms with Crippen molar-refractivity contribution >= 4 is 0 Å². The van der Waals surface area contributed by atoms with Gasteiger partial charge in [-0.25, -0.2) is 0 Å². The predicted molar refractivity (Wildman–Crippen MR) is 55.2 cm³/mol. The lowest BCUT2D eigenvalue weighted by Crippen LogP contribution is -2.16. The second kappa shape index (κ2) is 3.64. The van der Waals surface area contributed by atoms with E-state index in [1.54, 1.807) is 5.57 Å². The van der Waals surface area contributed by atoms with E-state index in [1.807, 2.05) is 0 Å². The molecule has 0 heterocycles. The SMILES string of the molecule is CC(CCCC1=CC1)C(C)(C)C. The number of hydrogen-bond acceptors (Lipinski definition) is 0. The van der Waals surface area contributed by atoms with Crippen molar-refractivity contribution in [3.63, 3.8) is 0 Å². The summed E-state index contributed by atoms with van der Waals surface area (Å²) in [5.41, 5.74) is 2.19. The Bertz CT molecular complexity index is 169. The van der Waals surface area contributed by atoms with Crippen molar-refractivity contribution < 1.29 is 0 Å². The number of allylic oxidation sites excluding steroid dienone is 2. The predicted octanol–water partition coefficient (Wildman–Crippen LogP) is 4.17. The summed E-state index contributed by atoms with van der Waals surface area (Å²) in [6.45, 7) is 9.40. The standard InChI is InChI=1S/C12H22/c1-10(12(2,3)4)6-5-7-11-8-9-11/h8,10H,5-7,9H2,1-4H3. The molecule has 1 aliphatic carbocycles. The molecule has 70 valence electrons. The van der Waals surface area contributed by atoms with Crippen LogP contribution in [0.15, 0.2) is 11.6 Å². The lowest BCUT2D eigenvalue weighted by atomic mass is 9.79. The molecule has 0 aromatic carbocycles. The zero-order valence-electron chi connectivity index (χ0n) is 8.98. The highest BCUT2D eigenvalue weighted by molar-refractivity contribution is 5.21. The largest absolute Gasteiger partial charge is 0.0810 e. The Morgan fingerprint density at radius 3 is 2.42 bits per heavy atom. The molecule has 0 aromatic rings.